The molecule has 0 atom stereocenters. The van der Waals surface area contributed by atoms with Crippen molar-refractivity contribution in [2.24, 2.45) is 5.41 Å². The standard InChI is InChI=1S/C17H25NO6S/c1-6-17(2,3)16(19)24-7-8-25-11-12-9-14(22-4)15(23-5)10-13(12)18(20)21/h9-10H,6-8,11H2,1-5H3. The van der Waals surface area contributed by atoms with Crippen molar-refractivity contribution in [3.63, 3.8) is 0 Å². The Morgan fingerprint density at radius 3 is 2.36 bits per heavy atom. The summed E-state index contributed by atoms with van der Waals surface area (Å²) in [6, 6.07) is 2.97. The third-order valence-corrected chi connectivity index (χ3v) is 4.91. The molecule has 0 unspecified atom stereocenters. The molecule has 0 aliphatic rings. The Hall–Kier alpha value is -1.96. The molecule has 0 heterocycles. The van der Waals surface area contributed by atoms with Crippen molar-refractivity contribution in [1.29, 1.82) is 0 Å². The van der Waals surface area contributed by atoms with Crippen molar-refractivity contribution in [2.75, 3.05) is 26.6 Å². The third-order valence-electron chi connectivity index (χ3n) is 3.94. The SMILES string of the molecule is CCC(C)(C)C(=O)OCCSCc1cc(OC)c(OC)cc1[N+](=O)[O-]. The van der Waals surface area contributed by atoms with Gasteiger partial charge in [0.2, 0.25) is 0 Å². The fourth-order valence-corrected chi connectivity index (χ4v) is 2.71. The lowest BCUT2D eigenvalue weighted by Gasteiger charge is -2.20. The van der Waals surface area contributed by atoms with Gasteiger partial charge in [-0.05, 0) is 26.3 Å². The number of carbonyl (C=O) groups excluding carboxylic acids is 1. The maximum Gasteiger partial charge on any atom is 0.311 e. The summed E-state index contributed by atoms with van der Waals surface area (Å²) in [5, 5.41) is 11.2. The first kappa shape index (κ1) is 21.1. The van der Waals surface area contributed by atoms with Crippen LogP contribution in [-0.4, -0.2) is 37.5 Å². The minimum Gasteiger partial charge on any atom is -0.493 e. The molecular weight excluding hydrogens is 346 g/mol. The minimum atomic E-state index is -0.493. The van der Waals surface area contributed by atoms with Gasteiger partial charge in [0.05, 0.1) is 30.6 Å². The largest absolute Gasteiger partial charge is 0.493 e. The topological polar surface area (TPSA) is 87.9 Å². The van der Waals surface area contributed by atoms with Crippen molar-refractivity contribution in [1.82, 2.24) is 0 Å². The zero-order valence-electron chi connectivity index (χ0n) is 15.3. The van der Waals surface area contributed by atoms with Crippen molar-refractivity contribution >= 4 is 23.4 Å². The Balaban J connectivity index is 2.65. The maximum atomic E-state index is 11.9. The van der Waals surface area contributed by atoms with Gasteiger partial charge >= 0.3 is 5.97 Å². The molecule has 0 bridgehead atoms. The van der Waals surface area contributed by atoms with Crippen LogP contribution < -0.4 is 9.47 Å². The molecule has 0 fully saturated rings. The molecule has 0 radical (unpaired) electrons. The van der Waals surface area contributed by atoms with E-state index in [4.69, 9.17) is 14.2 Å². The lowest BCUT2D eigenvalue weighted by Crippen LogP contribution is -2.26. The lowest BCUT2D eigenvalue weighted by molar-refractivity contribution is -0.385. The van der Waals surface area contributed by atoms with Gasteiger partial charge in [-0.2, -0.15) is 11.8 Å². The minimum absolute atomic E-state index is 0.0192. The average molecular weight is 371 g/mol. The number of hydrogen-bond acceptors (Lipinski definition) is 7. The van der Waals surface area contributed by atoms with Crippen molar-refractivity contribution in [3.8, 4) is 11.5 Å². The molecule has 1 rings (SSSR count). The number of nitro groups is 1. The lowest BCUT2D eigenvalue weighted by atomic mass is 9.91. The molecule has 0 N–H and O–H groups in total. The summed E-state index contributed by atoms with van der Waals surface area (Å²) in [5.41, 5.74) is 0.0226. The fraction of sp³-hybridized carbons (Fsp3) is 0.588. The summed E-state index contributed by atoms with van der Waals surface area (Å²) in [5.74, 6) is 1.49. The van der Waals surface area contributed by atoms with Crippen LogP contribution in [-0.2, 0) is 15.3 Å². The van der Waals surface area contributed by atoms with Crippen molar-refractivity contribution < 1.29 is 23.9 Å². The Bertz CT molecular complexity index is 617. The summed E-state index contributed by atoms with van der Waals surface area (Å²) >= 11 is 1.45. The van der Waals surface area contributed by atoms with E-state index in [1.54, 1.807) is 6.07 Å². The molecule has 25 heavy (non-hydrogen) atoms. The number of hydrogen-bond donors (Lipinski definition) is 0. The molecule has 0 aliphatic heterocycles. The van der Waals surface area contributed by atoms with E-state index in [0.29, 0.717) is 35.0 Å². The van der Waals surface area contributed by atoms with Crippen molar-refractivity contribution in [2.45, 2.75) is 32.9 Å². The van der Waals surface area contributed by atoms with Crippen LogP contribution in [0.5, 0.6) is 11.5 Å². The quantitative estimate of drug-likeness (QED) is 0.267. The van der Waals surface area contributed by atoms with E-state index in [1.807, 2.05) is 20.8 Å². The normalized spacial score (nSPS) is 11.1. The number of rotatable bonds is 10. The van der Waals surface area contributed by atoms with E-state index in [0.717, 1.165) is 0 Å². The van der Waals surface area contributed by atoms with Gasteiger partial charge in [-0.3, -0.25) is 14.9 Å². The third kappa shape index (κ3) is 5.81. The summed E-state index contributed by atoms with van der Waals surface area (Å²) in [6.07, 6.45) is 0.705. The predicted octanol–water partition coefficient (Wildman–Crippen LogP) is 3.82. The van der Waals surface area contributed by atoms with Crippen LogP contribution in [0, 0.1) is 15.5 Å². The smallest absolute Gasteiger partial charge is 0.311 e. The van der Waals surface area contributed by atoms with E-state index in [9.17, 15) is 14.9 Å². The number of carbonyl (C=O) groups is 1. The first-order chi connectivity index (χ1) is 11.8. The second kappa shape index (κ2) is 9.50. The van der Waals surface area contributed by atoms with E-state index < -0.39 is 10.3 Å². The van der Waals surface area contributed by atoms with E-state index in [2.05, 4.69) is 0 Å². The maximum absolute atomic E-state index is 11.9. The molecule has 1 aromatic rings. The second-order valence-electron chi connectivity index (χ2n) is 6.02. The molecule has 8 heteroatoms. The summed E-state index contributed by atoms with van der Waals surface area (Å²) in [6.45, 7) is 5.89. The van der Waals surface area contributed by atoms with E-state index in [-0.39, 0.29) is 18.3 Å². The molecule has 0 saturated carbocycles. The van der Waals surface area contributed by atoms with Crippen molar-refractivity contribution in [3.05, 3.63) is 27.8 Å². The summed E-state index contributed by atoms with van der Waals surface area (Å²) in [4.78, 5) is 22.7. The molecule has 0 saturated heterocycles. The molecule has 1 aromatic carbocycles. The second-order valence-corrected chi connectivity index (χ2v) is 7.12. The van der Waals surface area contributed by atoms with Crippen LogP contribution in [0.15, 0.2) is 12.1 Å². The van der Waals surface area contributed by atoms with Gasteiger partial charge in [-0.25, -0.2) is 0 Å². The molecular formula is C17H25NO6S. The van der Waals surface area contributed by atoms with Crippen LogP contribution in [0.1, 0.15) is 32.8 Å². The number of thioether (sulfide) groups is 1. The highest BCUT2D eigenvalue weighted by Crippen LogP contribution is 2.36. The first-order valence-corrected chi connectivity index (χ1v) is 9.06. The number of nitro benzene ring substituents is 1. The van der Waals surface area contributed by atoms with Gasteiger partial charge in [0.15, 0.2) is 11.5 Å². The Morgan fingerprint density at radius 2 is 1.84 bits per heavy atom. The van der Waals surface area contributed by atoms with Crippen LogP contribution in [0.3, 0.4) is 0 Å². The Labute approximate surface area is 152 Å². The van der Waals surface area contributed by atoms with Gasteiger partial charge in [-0.15, -0.1) is 0 Å². The molecule has 0 spiro atoms. The predicted molar refractivity (Wildman–Crippen MR) is 97.4 cm³/mol. The van der Waals surface area contributed by atoms with Crippen LogP contribution in [0.25, 0.3) is 0 Å². The number of ether oxygens (including phenoxy) is 3. The van der Waals surface area contributed by atoms with Gasteiger partial charge in [0.1, 0.15) is 6.61 Å². The Morgan fingerprint density at radius 1 is 1.24 bits per heavy atom. The monoisotopic (exact) mass is 371 g/mol. The molecule has 0 amide bonds. The average Bonchev–Trinajstić information content (AvgIpc) is 2.60. The van der Waals surface area contributed by atoms with Gasteiger partial charge in [-0.1, -0.05) is 6.92 Å². The summed E-state index contributed by atoms with van der Waals surface area (Å²) < 4.78 is 15.6. The molecule has 140 valence electrons. The van der Waals surface area contributed by atoms with Crippen LogP contribution in [0.2, 0.25) is 0 Å². The Kier molecular flexibility index (Phi) is 8.02. The first-order valence-electron chi connectivity index (χ1n) is 7.91. The zero-order chi connectivity index (χ0) is 19.0. The number of esters is 1. The van der Waals surface area contributed by atoms with Gasteiger partial charge < -0.3 is 14.2 Å². The van der Waals surface area contributed by atoms with E-state index in [1.165, 1.54) is 32.0 Å². The zero-order valence-corrected chi connectivity index (χ0v) is 16.1. The molecule has 0 aromatic heterocycles. The molecule has 7 nitrogen and oxygen atoms in total. The number of nitrogens with zero attached hydrogens (tertiary/aromatic N) is 1. The van der Waals surface area contributed by atoms with Gasteiger partial charge in [0, 0.05) is 17.1 Å². The highest BCUT2D eigenvalue weighted by atomic mass is 32.2. The van der Waals surface area contributed by atoms with Crippen LogP contribution in [0.4, 0.5) is 5.69 Å². The van der Waals surface area contributed by atoms with E-state index >= 15 is 0 Å². The highest BCUT2D eigenvalue weighted by molar-refractivity contribution is 7.98. The fourth-order valence-electron chi connectivity index (χ4n) is 1.91. The van der Waals surface area contributed by atoms with Gasteiger partial charge in [0.25, 0.3) is 5.69 Å². The number of methoxy groups -OCH3 is 2. The number of benzene rings is 1. The highest BCUT2D eigenvalue weighted by Gasteiger charge is 2.26. The molecule has 0 aliphatic carbocycles. The summed E-state index contributed by atoms with van der Waals surface area (Å²) in [7, 11) is 2.91. The van der Waals surface area contributed by atoms with Crippen LogP contribution >= 0.6 is 11.8 Å².